The van der Waals surface area contributed by atoms with Crippen LogP contribution in [0.3, 0.4) is 0 Å². The third kappa shape index (κ3) is 2.70. The van der Waals surface area contributed by atoms with E-state index in [1.165, 1.54) is 11.3 Å². The van der Waals surface area contributed by atoms with Crippen LogP contribution in [0.15, 0.2) is 22.8 Å². The molecule has 5 nitrogen and oxygen atoms in total. The summed E-state index contributed by atoms with van der Waals surface area (Å²) in [7, 11) is 0. The summed E-state index contributed by atoms with van der Waals surface area (Å²) in [6, 6.07) is 5.72. The van der Waals surface area contributed by atoms with E-state index < -0.39 is 0 Å². The van der Waals surface area contributed by atoms with Crippen molar-refractivity contribution in [2.24, 2.45) is 0 Å². The second-order valence-electron chi connectivity index (χ2n) is 4.53. The lowest BCUT2D eigenvalue weighted by molar-refractivity contribution is 0.102. The standard InChI is InChI=1S/C14H11BrN4OS/c15-10-2-1-4-18-12(10)13(20)19-14-9(6-16)8-3-5-17-7-11(8)21-14/h1-2,4,17H,3,5,7H2,(H,19,20). The van der Waals surface area contributed by atoms with E-state index in [4.69, 9.17) is 0 Å². The minimum absolute atomic E-state index is 0.311. The molecule has 7 heteroatoms. The molecule has 2 aromatic heterocycles. The van der Waals surface area contributed by atoms with Crippen molar-refractivity contribution in [2.75, 3.05) is 11.9 Å². The van der Waals surface area contributed by atoms with Crippen molar-refractivity contribution in [1.29, 1.82) is 5.26 Å². The maximum absolute atomic E-state index is 12.3. The van der Waals surface area contributed by atoms with Crippen LogP contribution in [0.4, 0.5) is 5.00 Å². The normalized spacial score (nSPS) is 13.3. The van der Waals surface area contributed by atoms with Crippen molar-refractivity contribution >= 4 is 38.2 Å². The van der Waals surface area contributed by atoms with Crippen molar-refractivity contribution < 1.29 is 4.79 Å². The Bertz CT molecular complexity index is 750. The highest BCUT2D eigenvalue weighted by atomic mass is 79.9. The summed E-state index contributed by atoms with van der Waals surface area (Å²) >= 11 is 4.76. The maximum Gasteiger partial charge on any atom is 0.276 e. The van der Waals surface area contributed by atoms with Crippen LogP contribution in [-0.4, -0.2) is 17.4 Å². The summed E-state index contributed by atoms with van der Waals surface area (Å²) in [6.45, 7) is 1.61. The molecule has 0 bridgehead atoms. The zero-order valence-electron chi connectivity index (χ0n) is 10.9. The molecule has 0 radical (unpaired) electrons. The summed E-state index contributed by atoms with van der Waals surface area (Å²) in [6.07, 6.45) is 2.38. The molecule has 0 fully saturated rings. The van der Waals surface area contributed by atoms with E-state index in [0.717, 1.165) is 30.0 Å². The fourth-order valence-electron chi connectivity index (χ4n) is 2.26. The maximum atomic E-state index is 12.3. The number of nitriles is 1. The van der Waals surface area contributed by atoms with Gasteiger partial charge in [0.15, 0.2) is 0 Å². The number of hydrogen-bond donors (Lipinski definition) is 2. The van der Waals surface area contributed by atoms with Crippen molar-refractivity contribution in [3.8, 4) is 6.07 Å². The Morgan fingerprint density at radius 3 is 3.19 bits per heavy atom. The quantitative estimate of drug-likeness (QED) is 0.860. The average Bonchev–Trinajstić information content (AvgIpc) is 2.84. The van der Waals surface area contributed by atoms with E-state index in [9.17, 15) is 10.1 Å². The van der Waals surface area contributed by atoms with Gasteiger partial charge in [0.25, 0.3) is 5.91 Å². The van der Waals surface area contributed by atoms with Crippen molar-refractivity contribution in [3.05, 3.63) is 44.5 Å². The number of carbonyl (C=O) groups excluding carboxylic acids is 1. The van der Waals surface area contributed by atoms with E-state index in [0.29, 0.717) is 20.7 Å². The van der Waals surface area contributed by atoms with Gasteiger partial charge in [-0.25, -0.2) is 4.98 Å². The van der Waals surface area contributed by atoms with Gasteiger partial charge in [0.2, 0.25) is 0 Å². The highest BCUT2D eigenvalue weighted by Gasteiger charge is 2.22. The fourth-order valence-corrected chi connectivity index (χ4v) is 3.85. The molecule has 1 aliphatic heterocycles. The minimum Gasteiger partial charge on any atom is -0.312 e. The van der Waals surface area contributed by atoms with Crippen molar-refractivity contribution in [2.45, 2.75) is 13.0 Å². The Balaban J connectivity index is 1.92. The number of halogens is 1. The lowest BCUT2D eigenvalue weighted by Crippen LogP contribution is -2.22. The molecule has 3 heterocycles. The van der Waals surface area contributed by atoms with Gasteiger partial charge < -0.3 is 10.6 Å². The Kier molecular flexibility index (Phi) is 4.01. The van der Waals surface area contributed by atoms with Gasteiger partial charge >= 0.3 is 0 Å². The SMILES string of the molecule is N#Cc1c(NC(=O)c2ncccc2Br)sc2c1CCNC2. The van der Waals surface area contributed by atoms with Crippen LogP contribution < -0.4 is 10.6 Å². The molecule has 106 valence electrons. The van der Waals surface area contributed by atoms with Crippen LogP contribution in [0.25, 0.3) is 0 Å². The highest BCUT2D eigenvalue weighted by molar-refractivity contribution is 9.10. The van der Waals surface area contributed by atoms with Crippen LogP contribution in [0.2, 0.25) is 0 Å². The number of rotatable bonds is 2. The van der Waals surface area contributed by atoms with Gasteiger partial charge in [0.05, 0.1) is 5.56 Å². The zero-order valence-corrected chi connectivity index (χ0v) is 13.3. The topological polar surface area (TPSA) is 77.8 Å². The number of fused-ring (bicyclic) bond motifs is 1. The van der Waals surface area contributed by atoms with E-state index in [1.807, 2.05) is 0 Å². The van der Waals surface area contributed by atoms with Crippen LogP contribution in [0.5, 0.6) is 0 Å². The predicted molar refractivity (Wildman–Crippen MR) is 84.3 cm³/mol. The van der Waals surface area contributed by atoms with Gasteiger partial charge in [-0.15, -0.1) is 11.3 Å². The monoisotopic (exact) mass is 362 g/mol. The summed E-state index contributed by atoms with van der Waals surface area (Å²) < 4.78 is 0.629. The number of hydrogen-bond acceptors (Lipinski definition) is 5. The molecule has 21 heavy (non-hydrogen) atoms. The fraction of sp³-hybridized carbons (Fsp3) is 0.214. The molecule has 2 aromatic rings. The lowest BCUT2D eigenvalue weighted by Gasteiger charge is -2.11. The van der Waals surface area contributed by atoms with Gasteiger partial charge in [0, 0.05) is 22.1 Å². The number of nitrogens with one attached hydrogen (secondary N) is 2. The molecular weight excluding hydrogens is 352 g/mol. The van der Waals surface area contributed by atoms with Crippen LogP contribution in [0, 0.1) is 11.3 Å². The number of amides is 1. The number of aromatic nitrogens is 1. The molecule has 3 rings (SSSR count). The minimum atomic E-state index is -0.314. The molecule has 2 N–H and O–H groups in total. The van der Waals surface area contributed by atoms with Gasteiger partial charge in [0.1, 0.15) is 16.8 Å². The third-order valence-corrected chi connectivity index (χ3v) is 5.03. The molecule has 0 unspecified atom stereocenters. The predicted octanol–water partition coefficient (Wildman–Crippen LogP) is 2.68. The van der Waals surface area contributed by atoms with Crippen LogP contribution in [-0.2, 0) is 13.0 Å². The summed E-state index contributed by atoms with van der Waals surface area (Å²) in [4.78, 5) is 17.5. The first-order valence-electron chi connectivity index (χ1n) is 6.38. The number of nitrogens with zero attached hydrogens (tertiary/aromatic N) is 2. The third-order valence-electron chi connectivity index (χ3n) is 3.24. The summed E-state index contributed by atoms with van der Waals surface area (Å²) in [5.74, 6) is -0.314. The first-order valence-corrected chi connectivity index (χ1v) is 7.99. The van der Waals surface area contributed by atoms with Gasteiger partial charge in [-0.1, -0.05) is 0 Å². The number of carbonyl (C=O) groups is 1. The second kappa shape index (κ2) is 5.93. The number of thiophene rings is 1. The molecule has 0 atom stereocenters. The highest BCUT2D eigenvalue weighted by Crippen LogP contribution is 2.35. The molecule has 0 spiro atoms. The van der Waals surface area contributed by atoms with E-state index >= 15 is 0 Å². The molecular formula is C14H11BrN4OS. The molecule has 0 aliphatic carbocycles. The number of anilines is 1. The molecule has 1 amide bonds. The first-order chi connectivity index (χ1) is 10.2. The van der Waals surface area contributed by atoms with Gasteiger partial charge in [-0.05, 0) is 46.6 Å². The second-order valence-corrected chi connectivity index (χ2v) is 6.49. The van der Waals surface area contributed by atoms with E-state index in [-0.39, 0.29) is 5.91 Å². The molecule has 0 saturated heterocycles. The van der Waals surface area contributed by atoms with Crippen LogP contribution >= 0.6 is 27.3 Å². The van der Waals surface area contributed by atoms with Gasteiger partial charge in [-0.2, -0.15) is 5.26 Å². The Hall–Kier alpha value is -1.75. The average molecular weight is 363 g/mol. The van der Waals surface area contributed by atoms with Crippen molar-refractivity contribution in [1.82, 2.24) is 10.3 Å². The summed E-state index contributed by atoms with van der Waals surface area (Å²) in [5, 5.41) is 16.0. The molecule has 1 aliphatic rings. The lowest BCUT2D eigenvalue weighted by atomic mass is 10.1. The molecule has 0 saturated carbocycles. The molecule has 0 aromatic carbocycles. The Morgan fingerprint density at radius 2 is 2.43 bits per heavy atom. The smallest absolute Gasteiger partial charge is 0.276 e. The Morgan fingerprint density at radius 1 is 1.57 bits per heavy atom. The zero-order chi connectivity index (χ0) is 14.8. The van der Waals surface area contributed by atoms with Gasteiger partial charge in [-0.3, -0.25) is 4.79 Å². The Labute approximate surface area is 134 Å². The van der Waals surface area contributed by atoms with E-state index in [1.54, 1.807) is 18.3 Å². The summed E-state index contributed by atoms with van der Waals surface area (Å²) in [5.41, 5.74) is 1.94. The first kappa shape index (κ1) is 14.2. The van der Waals surface area contributed by atoms with E-state index in [2.05, 4.69) is 37.6 Å². The van der Waals surface area contributed by atoms with Crippen molar-refractivity contribution in [3.63, 3.8) is 0 Å². The largest absolute Gasteiger partial charge is 0.312 e. The van der Waals surface area contributed by atoms with Crippen LogP contribution in [0.1, 0.15) is 26.5 Å². The number of pyridine rings is 1.